The first-order chi connectivity index (χ1) is 9.63. The fraction of sp³-hybridized carbons (Fsp3) is 0.500. The van der Waals surface area contributed by atoms with Gasteiger partial charge in [-0.1, -0.05) is 13.0 Å². The summed E-state index contributed by atoms with van der Waals surface area (Å²) in [5, 5.41) is 12.1. The largest absolute Gasteiger partial charge is 0.491 e. The maximum Gasteiger partial charge on any atom is 0.185 e. The zero-order valence-electron chi connectivity index (χ0n) is 11.8. The Labute approximate surface area is 117 Å². The maximum atomic E-state index is 6.00. The minimum Gasteiger partial charge on any atom is -0.491 e. The average molecular weight is 273 g/mol. The normalized spacial score (nSPS) is 16.1. The number of para-hydroxylation sites is 1. The van der Waals surface area contributed by atoms with Crippen molar-refractivity contribution in [3.05, 3.63) is 18.2 Å². The third-order valence-corrected chi connectivity index (χ3v) is 3.74. The lowest BCUT2D eigenvalue weighted by Crippen LogP contribution is -2.11. The van der Waals surface area contributed by atoms with Crippen molar-refractivity contribution in [3.63, 3.8) is 0 Å². The van der Waals surface area contributed by atoms with Crippen molar-refractivity contribution < 1.29 is 4.74 Å². The Bertz CT molecular complexity index is 618. The second-order valence-electron chi connectivity index (χ2n) is 5.63. The van der Waals surface area contributed by atoms with Crippen molar-refractivity contribution in [2.75, 3.05) is 12.3 Å². The van der Waals surface area contributed by atoms with Crippen LogP contribution in [0.1, 0.15) is 26.7 Å². The summed E-state index contributed by atoms with van der Waals surface area (Å²) in [5.74, 6) is 1.38. The number of nitrogens with zero attached hydrogens (tertiary/aromatic N) is 4. The molecule has 0 spiro atoms. The summed E-state index contributed by atoms with van der Waals surface area (Å²) < 4.78 is 7.51. The van der Waals surface area contributed by atoms with Crippen LogP contribution >= 0.6 is 0 Å². The van der Waals surface area contributed by atoms with Crippen molar-refractivity contribution in [2.45, 2.75) is 33.2 Å². The number of tetrazole rings is 1. The van der Waals surface area contributed by atoms with Gasteiger partial charge in [0.25, 0.3) is 0 Å². The lowest BCUT2D eigenvalue weighted by atomic mass is 10.1. The zero-order chi connectivity index (χ0) is 14.2. The molecule has 20 heavy (non-hydrogen) atoms. The smallest absolute Gasteiger partial charge is 0.185 e. The summed E-state index contributed by atoms with van der Waals surface area (Å²) in [7, 11) is 0. The molecule has 6 nitrogen and oxygen atoms in total. The first kappa shape index (κ1) is 12.9. The van der Waals surface area contributed by atoms with Crippen molar-refractivity contribution in [1.82, 2.24) is 20.2 Å². The molecule has 2 aromatic rings. The molecule has 106 valence electrons. The van der Waals surface area contributed by atoms with E-state index in [1.54, 1.807) is 0 Å². The van der Waals surface area contributed by atoms with E-state index >= 15 is 0 Å². The number of rotatable bonds is 5. The molecule has 0 aliphatic heterocycles. The van der Waals surface area contributed by atoms with Gasteiger partial charge in [-0.15, -0.1) is 5.10 Å². The summed E-state index contributed by atoms with van der Waals surface area (Å²) in [6.07, 6.45) is 2.45. The van der Waals surface area contributed by atoms with E-state index in [2.05, 4.69) is 22.4 Å². The van der Waals surface area contributed by atoms with Gasteiger partial charge in [-0.05, 0) is 47.7 Å². The predicted molar refractivity (Wildman–Crippen MR) is 76.2 cm³/mol. The number of anilines is 1. The predicted octanol–water partition coefficient (Wildman–Crippen LogP) is 2.12. The minimum absolute atomic E-state index is 0.330. The maximum absolute atomic E-state index is 6.00. The van der Waals surface area contributed by atoms with Gasteiger partial charge in [-0.2, -0.15) is 0 Å². The van der Waals surface area contributed by atoms with Gasteiger partial charge in [0.1, 0.15) is 0 Å². The van der Waals surface area contributed by atoms with Crippen LogP contribution in [0.5, 0.6) is 5.75 Å². The molecule has 0 bridgehead atoms. The fourth-order valence-corrected chi connectivity index (χ4v) is 2.27. The molecule has 1 aromatic heterocycles. The standard InChI is InChI=1S/C14H19N5O/c1-3-20-12-10(5-4-6-11(12)15)13-16-17-18-19(13)9-14(2)7-8-14/h4-6H,3,7-9,15H2,1-2H3. The molecule has 1 fully saturated rings. The highest BCUT2D eigenvalue weighted by molar-refractivity contribution is 5.73. The van der Waals surface area contributed by atoms with Gasteiger partial charge in [-0.3, -0.25) is 0 Å². The van der Waals surface area contributed by atoms with Crippen molar-refractivity contribution in [1.29, 1.82) is 0 Å². The molecular weight excluding hydrogens is 254 g/mol. The number of benzene rings is 1. The summed E-state index contributed by atoms with van der Waals surface area (Å²) in [6, 6.07) is 5.66. The zero-order valence-corrected chi connectivity index (χ0v) is 11.8. The Morgan fingerprint density at radius 3 is 2.90 bits per heavy atom. The molecule has 0 amide bonds. The molecule has 1 heterocycles. The van der Waals surface area contributed by atoms with E-state index in [4.69, 9.17) is 10.5 Å². The van der Waals surface area contributed by atoms with Crippen LogP contribution < -0.4 is 10.5 Å². The van der Waals surface area contributed by atoms with Crippen LogP contribution in [0.3, 0.4) is 0 Å². The van der Waals surface area contributed by atoms with Gasteiger partial charge in [0, 0.05) is 0 Å². The second kappa shape index (κ2) is 4.77. The molecule has 1 saturated carbocycles. The third kappa shape index (κ3) is 2.33. The summed E-state index contributed by atoms with van der Waals surface area (Å²) >= 11 is 0. The van der Waals surface area contributed by atoms with Gasteiger partial charge in [0.2, 0.25) is 0 Å². The molecular formula is C14H19N5O. The third-order valence-electron chi connectivity index (χ3n) is 3.74. The van der Waals surface area contributed by atoms with Gasteiger partial charge in [-0.25, -0.2) is 4.68 Å². The van der Waals surface area contributed by atoms with E-state index in [9.17, 15) is 0 Å². The number of nitrogen functional groups attached to an aromatic ring is 1. The fourth-order valence-electron chi connectivity index (χ4n) is 2.27. The molecule has 1 aliphatic carbocycles. The van der Waals surface area contributed by atoms with Crippen molar-refractivity contribution in [2.24, 2.45) is 5.41 Å². The van der Waals surface area contributed by atoms with Crippen LogP contribution in [0.15, 0.2) is 18.2 Å². The van der Waals surface area contributed by atoms with Crippen molar-refractivity contribution >= 4 is 5.69 Å². The lowest BCUT2D eigenvalue weighted by Gasteiger charge is -2.14. The highest BCUT2D eigenvalue weighted by Gasteiger charge is 2.38. The lowest BCUT2D eigenvalue weighted by molar-refractivity contribution is 0.342. The minimum atomic E-state index is 0.330. The van der Waals surface area contributed by atoms with Gasteiger partial charge in [0.05, 0.1) is 24.4 Å². The molecule has 1 aliphatic rings. The Kier molecular flexibility index (Phi) is 3.08. The monoisotopic (exact) mass is 273 g/mol. The SMILES string of the molecule is CCOc1c(N)cccc1-c1nnnn1CC1(C)CC1. The van der Waals surface area contributed by atoms with Crippen LogP contribution in [0, 0.1) is 5.41 Å². The number of ether oxygens (including phenoxy) is 1. The Morgan fingerprint density at radius 2 is 2.20 bits per heavy atom. The molecule has 0 saturated heterocycles. The molecule has 0 atom stereocenters. The van der Waals surface area contributed by atoms with E-state index in [-0.39, 0.29) is 0 Å². The van der Waals surface area contributed by atoms with Crippen LogP contribution in [0.4, 0.5) is 5.69 Å². The Hall–Kier alpha value is -2.11. The number of aromatic nitrogens is 4. The molecule has 3 rings (SSSR count). The molecule has 0 unspecified atom stereocenters. The molecule has 0 radical (unpaired) electrons. The van der Waals surface area contributed by atoms with Crippen LogP contribution in [0.2, 0.25) is 0 Å². The number of hydrogen-bond acceptors (Lipinski definition) is 5. The van der Waals surface area contributed by atoms with E-state index in [0.717, 1.165) is 12.1 Å². The second-order valence-corrected chi connectivity index (χ2v) is 5.63. The van der Waals surface area contributed by atoms with E-state index < -0.39 is 0 Å². The Morgan fingerprint density at radius 1 is 1.40 bits per heavy atom. The van der Waals surface area contributed by atoms with E-state index in [1.165, 1.54) is 12.8 Å². The first-order valence-corrected chi connectivity index (χ1v) is 6.91. The molecule has 2 N–H and O–H groups in total. The van der Waals surface area contributed by atoms with Gasteiger partial charge < -0.3 is 10.5 Å². The molecule has 1 aromatic carbocycles. The summed E-state index contributed by atoms with van der Waals surface area (Å²) in [5.41, 5.74) is 7.79. The van der Waals surface area contributed by atoms with E-state index in [0.29, 0.717) is 29.3 Å². The van der Waals surface area contributed by atoms with Gasteiger partial charge >= 0.3 is 0 Å². The Balaban J connectivity index is 2.01. The van der Waals surface area contributed by atoms with Crippen molar-refractivity contribution in [3.8, 4) is 17.1 Å². The van der Waals surface area contributed by atoms with Crippen LogP contribution in [-0.4, -0.2) is 26.8 Å². The first-order valence-electron chi connectivity index (χ1n) is 6.91. The topological polar surface area (TPSA) is 78.8 Å². The van der Waals surface area contributed by atoms with Crippen LogP contribution in [-0.2, 0) is 6.54 Å². The summed E-state index contributed by atoms with van der Waals surface area (Å²) in [6.45, 7) is 5.57. The van der Waals surface area contributed by atoms with Crippen LogP contribution in [0.25, 0.3) is 11.4 Å². The number of nitrogens with two attached hydrogens (primary N) is 1. The number of hydrogen-bond donors (Lipinski definition) is 1. The quantitative estimate of drug-likeness (QED) is 0.844. The average Bonchev–Trinajstić information content (AvgIpc) is 2.97. The highest BCUT2D eigenvalue weighted by atomic mass is 16.5. The molecule has 6 heteroatoms. The summed E-state index contributed by atoms with van der Waals surface area (Å²) in [4.78, 5) is 0. The van der Waals surface area contributed by atoms with E-state index in [1.807, 2.05) is 29.8 Å². The highest BCUT2D eigenvalue weighted by Crippen LogP contribution is 2.47. The van der Waals surface area contributed by atoms with Gasteiger partial charge in [0.15, 0.2) is 11.6 Å².